The van der Waals surface area contributed by atoms with Gasteiger partial charge < -0.3 is 4.90 Å². The van der Waals surface area contributed by atoms with Gasteiger partial charge in [-0.15, -0.1) is 0 Å². The molecule has 0 bridgehead atoms. The Balaban J connectivity index is 1.45. The average molecular weight is 398 g/mol. The summed E-state index contributed by atoms with van der Waals surface area (Å²) in [5.41, 5.74) is 0. The minimum Gasteiger partial charge on any atom is -0.342 e. The first-order chi connectivity index (χ1) is 11.1. The third-order valence-corrected chi connectivity index (χ3v) is 6.83. The standard InChI is InChI=1S/C18H24BrNO2S/c1-20(18(13-4-5-13)14-6-7-14)17(21)3-2-12-23(22)16-10-8-15(19)9-11-16/h8-11,13-14,18H,2-7,12H2,1H3. The van der Waals surface area contributed by atoms with Crippen molar-refractivity contribution in [2.45, 2.75) is 49.5 Å². The van der Waals surface area contributed by atoms with Gasteiger partial charge in [-0.3, -0.25) is 9.00 Å². The fourth-order valence-electron chi connectivity index (χ4n) is 3.29. The Kier molecular flexibility index (Phi) is 5.57. The van der Waals surface area contributed by atoms with E-state index >= 15 is 0 Å². The van der Waals surface area contributed by atoms with E-state index in [1.54, 1.807) is 0 Å². The summed E-state index contributed by atoms with van der Waals surface area (Å²) < 4.78 is 13.2. The van der Waals surface area contributed by atoms with Gasteiger partial charge in [0.05, 0.1) is 10.8 Å². The average Bonchev–Trinajstić information content (AvgIpc) is 3.42. The van der Waals surface area contributed by atoms with Crippen LogP contribution in [0.5, 0.6) is 0 Å². The number of nitrogens with zero attached hydrogens (tertiary/aromatic N) is 1. The van der Waals surface area contributed by atoms with Crippen LogP contribution in [-0.2, 0) is 15.6 Å². The van der Waals surface area contributed by atoms with Crippen LogP contribution >= 0.6 is 15.9 Å². The summed E-state index contributed by atoms with van der Waals surface area (Å²) in [6, 6.07) is 8.04. The third kappa shape index (κ3) is 4.66. The van der Waals surface area contributed by atoms with Crippen molar-refractivity contribution in [3.8, 4) is 0 Å². The molecule has 0 aromatic heterocycles. The Hall–Kier alpha value is -0.680. The molecule has 1 unspecified atom stereocenters. The van der Waals surface area contributed by atoms with Crippen molar-refractivity contribution >= 4 is 32.6 Å². The molecule has 2 saturated carbocycles. The van der Waals surface area contributed by atoms with Gasteiger partial charge in [-0.1, -0.05) is 15.9 Å². The van der Waals surface area contributed by atoms with E-state index in [-0.39, 0.29) is 5.91 Å². The highest BCUT2D eigenvalue weighted by molar-refractivity contribution is 9.10. The van der Waals surface area contributed by atoms with E-state index in [9.17, 15) is 9.00 Å². The summed E-state index contributed by atoms with van der Waals surface area (Å²) in [4.78, 5) is 15.3. The number of hydrogen-bond donors (Lipinski definition) is 0. The smallest absolute Gasteiger partial charge is 0.222 e. The zero-order valence-electron chi connectivity index (χ0n) is 13.5. The lowest BCUT2D eigenvalue weighted by atomic mass is 10.1. The normalized spacial score (nSPS) is 18.9. The number of hydrogen-bond acceptors (Lipinski definition) is 2. The van der Waals surface area contributed by atoms with E-state index in [2.05, 4.69) is 15.9 Å². The van der Waals surface area contributed by atoms with Crippen LogP contribution in [0, 0.1) is 11.8 Å². The van der Waals surface area contributed by atoms with Gasteiger partial charge in [0.1, 0.15) is 0 Å². The van der Waals surface area contributed by atoms with Crippen LogP contribution in [0.2, 0.25) is 0 Å². The summed E-state index contributed by atoms with van der Waals surface area (Å²) >= 11 is 3.38. The fraction of sp³-hybridized carbons (Fsp3) is 0.611. The molecule has 2 fully saturated rings. The van der Waals surface area contributed by atoms with Gasteiger partial charge in [-0.2, -0.15) is 0 Å². The highest BCUT2D eigenvalue weighted by atomic mass is 79.9. The summed E-state index contributed by atoms with van der Waals surface area (Å²) in [7, 11) is 0.951. The van der Waals surface area contributed by atoms with Gasteiger partial charge >= 0.3 is 0 Å². The molecular formula is C18H24BrNO2S. The molecule has 0 N–H and O–H groups in total. The number of amides is 1. The summed E-state index contributed by atoms with van der Waals surface area (Å²) in [5, 5.41) is 0. The van der Waals surface area contributed by atoms with E-state index in [1.807, 2.05) is 36.2 Å². The van der Waals surface area contributed by atoms with E-state index < -0.39 is 10.8 Å². The Morgan fingerprint density at radius 2 is 1.78 bits per heavy atom. The number of carbonyl (C=O) groups is 1. The Morgan fingerprint density at radius 1 is 1.22 bits per heavy atom. The molecule has 0 radical (unpaired) electrons. The minimum atomic E-state index is -1.02. The second kappa shape index (κ2) is 7.47. The highest BCUT2D eigenvalue weighted by Gasteiger charge is 2.44. The Morgan fingerprint density at radius 3 is 2.30 bits per heavy atom. The minimum absolute atomic E-state index is 0.224. The summed E-state index contributed by atoms with van der Waals surface area (Å²) in [6.45, 7) is 0. The number of rotatable bonds is 8. The van der Waals surface area contributed by atoms with Gasteiger partial charge in [-0.25, -0.2) is 0 Å². The first-order valence-electron chi connectivity index (χ1n) is 8.46. The fourth-order valence-corrected chi connectivity index (χ4v) is 4.64. The molecule has 0 aliphatic heterocycles. The van der Waals surface area contributed by atoms with Crippen LogP contribution < -0.4 is 0 Å². The Labute approximate surface area is 149 Å². The molecular weight excluding hydrogens is 374 g/mol. The molecule has 5 heteroatoms. The summed E-state index contributed by atoms with van der Waals surface area (Å²) in [6.07, 6.45) is 6.33. The van der Waals surface area contributed by atoms with E-state index in [4.69, 9.17) is 0 Å². The Bertz CT molecular complexity index is 569. The van der Waals surface area contributed by atoms with Gasteiger partial charge in [-0.05, 0) is 68.2 Å². The van der Waals surface area contributed by atoms with Crippen molar-refractivity contribution < 1.29 is 9.00 Å². The number of halogens is 1. The maximum absolute atomic E-state index is 12.4. The molecule has 0 saturated heterocycles. The van der Waals surface area contributed by atoms with Gasteiger partial charge in [0.2, 0.25) is 5.91 Å². The largest absolute Gasteiger partial charge is 0.342 e. The molecule has 0 spiro atoms. The van der Waals surface area contributed by atoms with Crippen LogP contribution in [0.25, 0.3) is 0 Å². The predicted molar refractivity (Wildman–Crippen MR) is 96.7 cm³/mol. The van der Waals surface area contributed by atoms with Crippen molar-refractivity contribution in [3.05, 3.63) is 28.7 Å². The lowest BCUT2D eigenvalue weighted by molar-refractivity contribution is -0.132. The first kappa shape index (κ1) is 17.2. The van der Waals surface area contributed by atoms with Crippen LogP contribution in [0.1, 0.15) is 38.5 Å². The molecule has 1 aromatic carbocycles. The SMILES string of the molecule is CN(C(=O)CCCS(=O)c1ccc(Br)cc1)C(C1CC1)C1CC1. The monoisotopic (exact) mass is 397 g/mol. The van der Waals surface area contributed by atoms with Crippen molar-refractivity contribution in [1.82, 2.24) is 4.90 Å². The molecule has 23 heavy (non-hydrogen) atoms. The molecule has 2 aliphatic rings. The predicted octanol–water partition coefficient (Wildman–Crippen LogP) is 3.98. The molecule has 3 nitrogen and oxygen atoms in total. The molecule has 1 atom stereocenters. The first-order valence-corrected chi connectivity index (χ1v) is 10.6. The molecule has 1 amide bonds. The second-order valence-corrected chi connectivity index (χ2v) is 9.26. The van der Waals surface area contributed by atoms with Crippen LogP contribution in [-0.4, -0.2) is 33.9 Å². The molecule has 0 heterocycles. The van der Waals surface area contributed by atoms with Crippen LogP contribution in [0.15, 0.2) is 33.6 Å². The van der Waals surface area contributed by atoms with Crippen molar-refractivity contribution in [1.29, 1.82) is 0 Å². The quantitative estimate of drug-likeness (QED) is 0.664. The second-order valence-electron chi connectivity index (χ2n) is 6.78. The topological polar surface area (TPSA) is 37.4 Å². The number of benzene rings is 1. The lowest BCUT2D eigenvalue weighted by Gasteiger charge is -2.28. The van der Waals surface area contributed by atoms with Crippen molar-refractivity contribution in [2.24, 2.45) is 11.8 Å². The highest BCUT2D eigenvalue weighted by Crippen LogP contribution is 2.46. The molecule has 2 aliphatic carbocycles. The van der Waals surface area contributed by atoms with Crippen molar-refractivity contribution in [3.63, 3.8) is 0 Å². The summed E-state index contributed by atoms with van der Waals surface area (Å²) in [5.74, 6) is 2.27. The zero-order chi connectivity index (χ0) is 16.4. The van der Waals surface area contributed by atoms with E-state index in [1.165, 1.54) is 25.7 Å². The third-order valence-electron chi connectivity index (χ3n) is 4.85. The maximum Gasteiger partial charge on any atom is 0.222 e. The van der Waals surface area contributed by atoms with E-state index in [0.29, 0.717) is 24.6 Å². The van der Waals surface area contributed by atoms with Crippen molar-refractivity contribution in [2.75, 3.05) is 12.8 Å². The van der Waals surface area contributed by atoms with Gasteiger partial charge in [0.25, 0.3) is 0 Å². The van der Waals surface area contributed by atoms with Gasteiger partial charge in [0.15, 0.2) is 0 Å². The number of carbonyl (C=O) groups excluding carboxylic acids is 1. The molecule has 1 aromatic rings. The van der Waals surface area contributed by atoms with Crippen LogP contribution in [0.3, 0.4) is 0 Å². The lowest BCUT2D eigenvalue weighted by Crippen LogP contribution is -2.40. The van der Waals surface area contributed by atoms with Crippen LogP contribution in [0.4, 0.5) is 0 Å². The molecule has 3 rings (SSSR count). The van der Waals surface area contributed by atoms with E-state index in [0.717, 1.165) is 21.2 Å². The maximum atomic E-state index is 12.4. The zero-order valence-corrected chi connectivity index (χ0v) is 15.9. The molecule has 126 valence electrons. The van der Waals surface area contributed by atoms with Gasteiger partial charge in [0, 0.05) is 34.6 Å².